The van der Waals surface area contributed by atoms with Crippen molar-refractivity contribution in [1.29, 1.82) is 0 Å². The standard InChI is InChI=1S/C27H28F4/c1-17(2)24(28)25(29)18(3)9-10-19-11-13-21(14-12-19)23-16-15-22(26(30)27(23)31)20-7-5-4-6-8-20/h4-8,15-16,19,21H,1,3,9-14H2,2H3/b25-24-. The second-order valence-electron chi connectivity index (χ2n) is 8.46. The summed E-state index contributed by atoms with van der Waals surface area (Å²) in [6.45, 7) is 8.48. The lowest BCUT2D eigenvalue weighted by Gasteiger charge is -2.29. The second kappa shape index (κ2) is 10.1. The molecule has 0 nitrogen and oxygen atoms in total. The van der Waals surface area contributed by atoms with Gasteiger partial charge in [0.25, 0.3) is 0 Å². The van der Waals surface area contributed by atoms with Crippen LogP contribution in [-0.2, 0) is 0 Å². The summed E-state index contributed by atoms with van der Waals surface area (Å²) in [6, 6.07) is 12.3. The summed E-state index contributed by atoms with van der Waals surface area (Å²) in [5.74, 6) is -3.12. The summed E-state index contributed by atoms with van der Waals surface area (Å²) >= 11 is 0. The second-order valence-corrected chi connectivity index (χ2v) is 8.46. The molecule has 0 saturated heterocycles. The van der Waals surface area contributed by atoms with Gasteiger partial charge in [0.15, 0.2) is 23.3 Å². The van der Waals surface area contributed by atoms with Gasteiger partial charge in [-0.25, -0.2) is 17.6 Å². The zero-order chi connectivity index (χ0) is 22.5. The van der Waals surface area contributed by atoms with Gasteiger partial charge in [-0.2, -0.15) is 0 Å². The Morgan fingerprint density at radius 3 is 2.13 bits per heavy atom. The Labute approximate surface area is 182 Å². The van der Waals surface area contributed by atoms with Gasteiger partial charge in [-0.15, -0.1) is 0 Å². The Morgan fingerprint density at radius 1 is 0.871 bits per heavy atom. The molecule has 1 aliphatic carbocycles. The van der Waals surface area contributed by atoms with Crippen LogP contribution in [-0.4, -0.2) is 0 Å². The molecule has 3 rings (SSSR count). The maximum atomic E-state index is 14.8. The molecule has 0 bridgehead atoms. The quantitative estimate of drug-likeness (QED) is 0.305. The van der Waals surface area contributed by atoms with Crippen LogP contribution >= 0.6 is 0 Å². The van der Waals surface area contributed by atoms with E-state index in [1.165, 1.54) is 6.92 Å². The Balaban J connectivity index is 1.60. The smallest absolute Gasteiger partial charge is 0.166 e. The van der Waals surface area contributed by atoms with Crippen molar-refractivity contribution < 1.29 is 17.6 Å². The average Bonchev–Trinajstić information content (AvgIpc) is 2.79. The summed E-state index contributed by atoms with van der Waals surface area (Å²) in [6.07, 6.45) is 4.25. The topological polar surface area (TPSA) is 0 Å². The van der Waals surface area contributed by atoms with Crippen LogP contribution < -0.4 is 0 Å². The molecule has 1 saturated carbocycles. The van der Waals surface area contributed by atoms with E-state index in [9.17, 15) is 17.6 Å². The molecule has 2 aromatic carbocycles. The molecular weight excluding hydrogens is 400 g/mol. The third-order valence-corrected chi connectivity index (χ3v) is 6.22. The van der Waals surface area contributed by atoms with Gasteiger partial charge in [0.05, 0.1) is 0 Å². The predicted octanol–water partition coefficient (Wildman–Crippen LogP) is 8.97. The first-order valence-electron chi connectivity index (χ1n) is 10.7. The third kappa shape index (κ3) is 5.36. The molecule has 0 heterocycles. The summed E-state index contributed by atoms with van der Waals surface area (Å²) < 4.78 is 57.2. The molecular formula is C27H28F4. The number of benzene rings is 2. The summed E-state index contributed by atoms with van der Waals surface area (Å²) in [5.41, 5.74) is 1.54. The summed E-state index contributed by atoms with van der Waals surface area (Å²) in [5, 5.41) is 0. The van der Waals surface area contributed by atoms with Crippen molar-refractivity contribution in [1.82, 2.24) is 0 Å². The van der Waals surface area contributed by atoms with Crippen molar-refractivity contribution in [3.8, 4) is 11.1 Å². The molecule has 1 aliphatic rings. The maximum absolute atomic E-state index is 14.8. The molecule has 0 spiro atoms. The van der Waals surface area contributed by atoms with E-state index in [1.54, 1.807) is 36.4 Å². The zero-order valence-electron chi connectivity index (χ0n) is 17.9. The fourth-order valence-electron chi connectivity index (χ4n) is 4.31. The highest BCUT2D eigenvalue weighted by atomic mass is 19.2. The Bertz CT molecular complexity index is 980. The minimum Gasteiger partial charge on any atom is -0.203 e. The van der Waals surface area contributed by atoms with Crippen molar-refractivity contribution in [3.05, 3.63) is 95.6 Å². The lowest BCUT2D eigenvalue weighted by Crippen LogP contribution is -2.15. The Hall–Kier alpha value is -2.62. The van der Waals surface area contributed by atoms with Crippen LogP contribution in [0.1, 0.15) is 56.9 Å². The molecule has 1 fully saturated rings. The first-order chi connectivity index (χ1) is 14.8. The molecule has 0 amide bonds. The van der Waals surface area contributed by atoms with Crippen molar-refractivity contribution in [2.24, 2.45) is 5.92 Å². The van der Waals surface area contributed by atoms with Crippen molar-refractivity contribution >= 4 is 0 Å². The van der Waals surface area contributed by atoms with Crippen molar-refractivity contribution in [2.75, 3.05) is 0 Å². The van der Waals surface area contributed by atoms with Crippen LogP contribution in [0.2, 0.25) is 0 Å². The highest BCUT2D eigenvalue weighted by molar-refractivity contribution is 5.64. The number of hydrogen-bond acceptors (Lipinski definition) is 0. The van der Waals surface area contributed by atoms with Gasteiger partial charge >= 0.3 is 0 Å². The van der Waals surface area contributed by atoms with E-state index in [-0.39, 0.29) is 22.6 Å². The molecule has 0 aromatic heterocycles. The largest absolute Gasteiger partial charge is 0.203 e. The average molecular weight is 429 g/mol. The number of allylic oxidation sites excluding steroid dienone is 4. The Kier molecular flexibility index (Phi) is 7.53. The molecule has 0 unspecified atom stereocenters. The van der Waals surface area contributed by atoms with Crippen LogP contribution in [0.4, 0.5) is 17.6 Å². The highest BCUT2D eigenvalue weighted by Crippen LogP contribution is 2.40. The molecule has 2 aromatic rings. The molecule has 0 radical (unpaired) electrons. The first-order valence-corrected chi connectivity index (χ1v) is 10.7. The minimum absolute atomic E-state index is 0.0312. The van der Waals surface area contributed by atoms with E-state index >= 15 is 0 Å². The van der Waals surface area contributed by atoms with Gasteiger partial charge in [0, 0.05) is 5.56 Å². The molecule has 4 heteroatoms. The minimum atomic E-state index is -0.940. The van der Waals surface area contributed by atoms with Crippen LogP contribution in [0.5, 0.6) is 0 Å². The van der Waals surface area contributed by atoms with E-state index < -0.39 is 23.3 Å². The summed E-state index contributed by atoms with van der Waals surface area (Å²) in [4.78, 5) is 0. The van der Waals surface area contributed by atoms with E-state index in [1.807, 2.05) is 6.07 Å². The van der Waals surface area contributed by atoms with Gasteiger partial charge in [-0.1, -0.05) is 55.6 Å². The molecule has 164 valence electrons. The van der Waals surface area contributed by atoms with Gasteiger partial charge in [-0.05, 0) is 79.6 Å². The molecule has 0 atom stereocenters. The summed E-state index contributed by atoms with van der Waals surface area (Å²) in [7, 11) is 0. The fraction of sp³-hybridized carbons (Fsp3) is 0.333. The number of halogens is 4. The lowest BCUT2D eigenvalue weighted by molar-refractivity contribution is 0.304. The monoisotopic (exact) mass is 428 g/mol. The number of rotatable bonds is 7. The normalized spacial score (nSPS) is 19.6. The molecule has 0 aliphatic heterocycles. The van der Waals surface area contributed by atoms with Crippen LogP contribution in [0.25, 0.3) is 11.1 Å². The van der Waals surface area contributed by atoms with Gasteiger partial charge in [0.2, 0.25) is 0 Å². The third-order valence-electron chi connectivity index (χ3n) is 6.22. The molecule has 0 N–H and O–H groups in total. The number of hydrogen-bond donors (Lipinski definition) is 0. The lowest BCUT2D eigenvalue weighted by atomic mass is 9.76. The fourth-order valence-corrected chi connectivity index (χ4v) is 4.31. The zero-order valence-corrected chi connectivity index (χ0v) is 17.9. The van der Waals surface area contributed by atoms with Crippen LogP contribution in [0.3, 0.4) is 0 Å². The van der Waals surface area contributed by atoms with E-state index in [2.05, 4.69) is 13.2 Å². The van der Waals surface area contributed by atoms with E-state index in [4.69, 9.17) is 0 Å². The SMILES string of the molecule is C=C(C)/C(F)=C(/F)C(=C)CCC1CCC(c2ccc(-c3ccccc3)c(F)c2F)CC1. The van der Waals surface area contributed by atoms with E-state index in [0.717, 1.165) is 25.7 Å². The molecule has 31 heavy (non-hydrogen) atoms. The van der Waals surface area contributed by atoms with Gasteiger partial charge < -0.3 is 0 Å². The Morgan fingerprint density at radius 2 is 1.52 bits per heavy atom. The predicted molar refractivity (Wildman–Crippen MR) is 119 cm³/mol. The van der Waals surface area contributed by atoms with Gasteiger partial charge in [-0.3, -0.25) is 0 Å². The van der Waals surface area contributed by atoms with Gasteiger partial charge in [0.1, 0.15) is 0 Å². The highest BCUT2D eigenvalue weighted by Gasteiger charge is 2.27. The first kappa shape index (κ1) is 23.1. The van der Waals surface area contributed by atoms with Crippen molar-refractivity contribution in [3.63, 3.8) is 0 Å². The van der Waals surface area contributed by atoms with Crippen LogP contribution in [0, 0.1) is 17.6 Å². The van der Waals surface area contributed by atoms with Crippen molar-refractivity contribution in [2.45, 2.75) is 51.4 Å². The van der Waals surface area contributed by atoms with Crippen LogP contribution in [0.15, 0.2) is 78.4 Å². The maximum Gasteiger partial charge on any atom is 0.166 e. The van der Waals surface area contributed by atoms with E-state index in [0.29, 0.717) is 29.9 Å².